The van der Waals surface area contributed by atoms with Gasteiger partial charge in [-0.25, -0.2) is 0 Å². The third-order valence-corrected chi connectivity index (χ3v) is 1.05. The molecule has 1 aromatic rings. The highest BCUT2D eigenvalue weighted by Crippen LogP contribution is 1.92. The zero-order valence-electron chi connectivity index (χ0n) is 3.42. The quantitative estimate of drug-likeness (QED) is 0.502. The first-order valence-corrected chi connectivity index (χ1v) is 2.54. The van der Waals surface area contributed by atoms with Crippen LogP contribution in [0.25, 0.3) is 0 Å². The van der Waals surface area contributed by atoms with E-state index in [-0.39, 0.29) is 0 Å². The van der Waals surface area contributed by atoms with Gasteiger partial charge < -0.3 is 0 Å². The SMILES string of the molecule is O=Cc1[c]csn1. The predicted molar refractivity (Wildman–Crippen MR) is 26.3 cm³/mol. The van der Waals surface area contributed by atoms with E-state index in [1.54, 1.807) is 5.38 Å². The van der Waals surface area contributed by atoms with Crippen molar-refractivity contribution in [2.45, 2.75) is 0 Å². The molecule has 0 aliphatic carbocycles. The van der Waals surface area contributed by atoms with Crippen LogP contribution in [0, 0.1) is 6.07 Å². The van der Waals surface area contributed by atoms with E-state index in [0.29, 0.717) is 12.0 Å². The van der Waals surface area contributed by atoms with E-state index in [0.717, 1.165) is 0 Å². The van der Waals surface area contributed by atoms with Crippen molar-refractivity contribution >= 4 is 17.8 Å². The molecular weight excluding hydrogens is 110 g/mol. The Morgan fingerprint density at radius 3 is 3.14 bits per heavy atom. The topological polar surface area (TPSA) is 30.0 Å². The lowest BCUT2D eigenvalue weighted by Gasteiger charge is -1.63. The van der Waals surface area contributed by atoms with E-state index in [1.807, 2.05) is 0 Å². The van der Waals surface area contributed by atoms with Crippen molar-refractivity contribution in [3.05, 3.63) is 17.1 Å². The van der Waals surface area contributed by atoms with Gasteiger partial charge in [0.1, 0.15) is 5.69 Å². The summed E-state index contributed by atoms with van der Waals surface area (Å²) in [6, 6.07) is 2.63. The molecule has 1 aromatic heterocycles. The standard InChI is InChI=1S/C4H2NOS/c6-3-4-1-2-7-5-4/h2-3H. The second-order valence-corrected chi connectivity index (χ2v) is 1.59. The summed E-state index contributed by atoms with van der Waals surface area (Å²) in [6.07, 6.45) is 0.677. The molecule has 3 heteroatoms. The average Bonchev–Trinajstić information content (AvgIpc) is 2.14. The molecule has 0 atom stereocenters. The molecule has 0 unspecified atom stereocenters. The molecule has 1 radical (unpaired) electrons. The molecule has 1 heterocycles. The molecule has 0 spiro atoms. The van der Waals surface area contributed by atoms with Crippen LogP contribution in [0.2, 0.25) is 0 Å². The monoisotopic (exact) mass is 112 g/mol. The third-order valence-electron chi connectivity index (χ3n) is 0.522. The Kier molecular flexibility index (Phi) is 1.17. The molecule has 7 heavy (non-hydrogen) atoms. The number of aromatic nitrogens is 1. The molecule has 0 saturated carbocycles. The van der Waals surface area contributed by atoms with Crippen LogP contribution in [0.15, 0.2) is 5.38 Å². The summed E-state index contributed by atoms with van der Waals surface area (Å²) in [4.78, 5) is 9.78. The van der Waals surface area contributed by atoms with Gasteiger partial charge in [-0.05, 0) is 11.5 Å². The highest BCUT2D eigenvalue weighted by molar-refractivity contribution is 7.03. The van der Waals surface area contributed by atoms with Crippen LogP contribution in [-0.4, -0.2) is 10.7 Å². The van der Waals surface area contributed by atoms with Crippen LogP contribution >= 0.6 is 11.5 Å². The Balaban J connectivity index is 2.96. The second-order valence-electron chi connectivity index (χ2n) is 0.962. The number of carbonyl (C=O) groups excluding carboxylic acids is 1. The molecule has 0 N–H and O–H groups in total. The van der Waals surface area contributed by atoms with Gasteiger partial charge >= 0.3 is 0 Å². The molecular formula is C4H2NOS. The minimum absolute atomic E-state index is 0.394. The Labute approximate surface area is 45.0 Å². The van der Waals surface area contributed by atoms with Crippen molar-refractivity contribution in [3.63, 3.8) is 0 Å². The van der Waals surface area contributed by atoms with Crippen LogP contribution in [0.4, 0.5) is 0 Å². The number of rotatable bonds is 1. The van der Waals surface area contributed by atoms with Crippen molar-refractivity contribution in [2.24, 2.45) is 0 Å². The molecule has 0 aliphatic rings. The fourth-order valence-electron chi connectivity index (χ4n) is 0.252. The highest BCUT2D eigenvalue weighted by Gasteiger charge is 1.85. The molecule has 0 bridgehead atoms. The van der Waals surface area contributed by atoms with Crippen LogP contribution in [0.5, 0.6) is 0 Å². The van der Waals surface area contributed by atoms with Crippen molar-refractivity contribution in [3.8, 4) is 0 Å². The van der Waals surface area contributed by atoms with Gasteiger partial charge in [-0.2, -0.15) is 4.37 Å². The first kappa shape index (κ1) is 4.46. The number of hydrogen-bond donors (Lipinski definition) is 0. The van der Waals surface area contributed by atoms with E-state index < -0.39 is 0 Å². The minimum atomic E-state index is 0.394. The van der Waals surface area contributed by atoms with E-state index in [9.17, 15) is 4.79 Å². The molecule has 0 fully saturated rings. The van der Waals surface area contributed by atoms with Gasteiger partial charge in [0.05, 0.1) is 0 Å². The second kappa shape index (κ2) is 1.84. The highest BCUT2D eigenvalue weighted by atomic mass is 32.1. The largest absolute Gasteiger partial charge is 0.296 e. The van der Waals surface area contributed by atoms with Crippen LogP contribution in [0.3, 0.4) is 0 Å². The van der Waals surface area contributed by atoms with E-state index in [2.05, 4.69) is 10.4 Å². The zero-order chi connectivity index (χ0) is 5.11. The van der Waals surface area contributed by atoms with Crippen LogP contribution in [0.1, 0.15) is 10.5 Å². The lowest BCUT2D eigenvalue weighted by atomic mass is 10.5. The number of nitrogens with zero attached hydrogens (tertiary/aromatic N) is 1. The number of carbonyl (C=O) groups is 1. The summed E-state index contributed by atoms with van der Waals surface area (Å²) >= 11 is 1.23. The third kappa shape index (κ3) is 0.838. The smallest absolute Gasteiger partial charge is 0.170 e. The Hall–Kier alpha value is -0.700. The Morgan fingerprint density at radius 1 is 2.00 bits per heavy atom. The van der Waals surface area contributed by atoms with E-state index in [4.69, 9.17) is 0 Å². The summed E-state index contributed by atoms with van der Waals surface area (Å²) in [5.74, 6) is 0. The normalized spacial score (nSPS) is 8.57. The van der Waals surface area contributed by atoms with Crippen molar-refractivity contribution in [2.75, 3.05) is 0 Å². The fourth-order valence-corrected chi connectivity index (χ4v) is 0.687. The lowest BCUT2D eigenvalue weighted by Crippen LogP contribution is -1.72. The predicted octanol–water partition coefficient (Wildman–Crippen LogP) is 0.756. The van der Waals surface area contributed by atoms with Crippen LogP contribution in [-0.2, 0) is 0 Å². The van der Waals surface area contributed by atoms with Gasteiger partial charge in [-0.1, -0.05) is 0 Å². The summed E-state index contributed by atoms with van der Waals surface area (Å²) in [6.45, 7) is 0. The summed E-state index contributed by atoms with van der Waals surface area (Å²) < 4.78 is 3.65. The van der Waals surface area contributed by atoms with Crippen LogP contribution < -0.4 is 0 Å². The maximum atomic E-state index is 9.78. The molecule has 0 aromatic carbocycles. The molecule has 35 valence electrons. The number of aldehydes is 1. The van der Waals surface area contributed by atoms with Crippen molar-refractivity contribution in [1.29, 1.82) is 0 Å². The lowest BCUT2D eigenvalue weighted by molar-refractivity contribution is 0.112. The van der Waals surface area contributed by atoms with Crippen molar-refractivity contribution < 1.29 is 4.79 Å². The first-order valence-electron chi connectivity index (χ1n) is 1.70. The minimum Gasteiger partial charge on any atom is -0.296 e. The summed E-state index contributed by atoms with van der Waals surface area (Å²) in [5.41, 5.74) is 0.394. The molecule has 0 aliphatic heterocycles. The van der Waals surface area contributed by atoms with E-state index >= 15 is 0 Å². The van der Waals surface area contributed by atoms with Crippen molar-refractivity contribution in [1.82, 2.24) is 4.37 Å². The first-order chi connectivity index (χ1) is 3.43. The van der Waals surface area contributed by atoms with Gasteiger partial charge in [0.15, 0.2) is 6.29 Å². The van der Waals surface area contributed by atoms with Gasteiger partial charge in [0.25, 0.3) is 0 Å². The Bertz CT molecular complexity index is 147. The summed E-state index contributed by atoms with van der Waals surface area (Å²) in [7, 11) is 0. The van der Waals surface area contributed by atoms with Gasteiger partial charge in [-0.15, -0.1) is 0 Å². The molecule has 1 rings (SSSR count). The fraction of sp³-hybridized carbons (Fsp3) is 0. The molecule has 0 amide bonds. The van der Waals surface area contributed by atoms with E-state index in [1.165, 1.54) is 11.5 Å². The maximum absolute atomic E-state index is 9.78. The average molecular weight is 112 g/mol. The Morgan fingerprint density at radius 2 is 2.86 bits per heavy atom. The van der Waals surface area contributed by atoms with Gasteiger partial charge in [0, 0.05) is 11.4 Å². The number of hydrogen-bond acceptors (Lipinski definition) is 3. The van der Waals surface area contributed by atoms with Gasteiger partial charge in [0.2, 0.25) is 0 Å². The summed E-state index contributed by atoms with van der Waals surface area (Å²) in [5, 5.41) is 1.64. The molecule has 0 saturated heterocycles. The maximum Gasteiger partial charge on any atom is 0.170 e. The molecule has 2 nitrogen and oxygen atoms in total. The van der Waals surface area contributed by atoms with Gasteiger partial charge in [-0.3, -0.25) is 4.79 Å². The zero-order valence-corrected chi connectivity index (χ0v) is 4.23.